The van der Waals surface area contributed by atoms with Crippen molar-refractivity contribution in [3.05, 3.63) is 65.0 Å². The fraction of sp³-hybridized carbons (Fsp3) is 0.167. The van der Waals surface area contributed by atoms with Crippen LogP contribution in [-0.2, 0) is 0 Å². The molecule has 0 radical (unpaired) electrons. The molecule has 0 aliphatic carbocycles. The van der Waals surface area contributed by atoms with E-state index in [1.165, 1.54) is 5.56 Å². The summed E-state index contributed by atoms with van der Waals surface area (Å²) in [5, 5.41) is 4.28. The topological polar surface area (TPSA) is 73.8 Å². The van der Waals surface area contributed by atoms with Gasteiger partial charge in [-0.3, -0.25) is 4.79 Å². The lowest BCUT2D eigenvalue weighted by atomic mass is 10.1. The summed E-state index contributed by atoms with van der Waals surface area (Å²) in [6.45, 7) is 6.11. The summed E-state index contributed by atoms with van der Waals surface area (Å²) in [6.07, 6.45) is 0. The summed E-state index contributed by atoms with van der Waals surface area (Å²) in [6, 6.07) is 13.9. The lowest BCUT2D eigenvalue weighted by Gasteiger charge is -2.08. The van der Waals surface area contributed by atoms with Crippen LogP contribution in [-0.4, -0.2) is 20.7 Å². The van der Waals surface area contributed by atoms with Gasteiger partial charge in [0.1, 0.15) is 0 Å². The van der Waals surface area contributed by atoms with Crippen molar-refractivity contribution in [1.82, 2.24) is 14.8 Å². The van der Waals surface area contributed by atoms with Crippen molar-refractivity contribution in [2.24, 2.45) is 5.73 Å². The van der Waals surface area contributed by atoms with E-state index in [4.69, 9.17) is 5.73 Å². The number of carbonyl (C=O) groups excluding carboxylic acids is 1. The zero-order valence-electron chi connectivity index (χ0n) is 13.4. The van der Waals surface area contributed by atoms with Crippen molar-refractivity contribution in [3.63, 3.8) is 0 Å². The average molecular weight is 306 g/mol. The SMILES string of the molecule is Cc1ccc(-c2nc(C(N)=O)nn2-c2ccc(C)c(C)c2)cc1. The maximum Gasteiger partial charge on any atom is 0.288 e. The molecule has 0 atom stereocenters. The van der Waals surface area contributed by atoms with Crippen LogP contribution in [0, 0.1) is 20.8 Å². The molecule has 3 rings (SSSR count). The molecule has 5 nitrogen and oxygen atoms in total. The number of nitrogens with two attached hydrogens (primary N) is 1. The Balaban J connectivity index is 2.20. The highest BCUT2D eigenvalue weighted by molar-refractivity contribution is 5.89. The van der Waals surface area contributed by atoms with Crippen molar-refractivity contribution >= 4 is 5.91 Å². The van der Waals surface area contributed by atoms with E-state index in [-0.39, 0.29) is 5.82 Å². The van der Waals surface area contributed by atoms with E-state index in [1.54, 1.807) is 4.68 Å². The summed E-state index contributed by atoms with van der Waals surface area (Å²) >= 11 is 0. The molecular weight excluding hydrogens is 288 g/mol. The van der Waals surface area contributed by atoms with E-state index in [9.17, 15) is 4.79 Å². The zero-order chi connectivity index (χ0) is 16.6. The first-order chi connectivity index (χ1) is 11.0. The molecule has 0 aliphatic rings. The van der Waals surface area contributed by atoms with Crippen LogP contribution in [0.1, 0.15) is 27.3 Å². The van der Waals surface area contributed by atoms with Gasteiger partial charge < -0.3 is 5.73 Å². The molecule has 0 bridgehead atoms. The van der Waals surface area contributed by atoms with Gasteiger partial charge in [-0.05, 0) is 44.0 Å². The molecule has 0 saturated heterocycles. The third-order valence-electron chi connectivity index (χ3n) is 3.87. The number of nitrogens with zero attached hydrogens (tertiary/aromatic N) is 3. The van der Waals surface area contributed by atoms with E-state index in [0.717, 1.165) is 22.4 Å². The van der Waals surface area contributed by atoms with Crippen LogP contribution in [0.2, 0.25) is 0 Å². The first kappa shape index (κ1) is 15.0. The van der Waals surface area contributed by atoms with Crippen LogP contribution in [0.5, 0.6) is 0 Å². The van der Waals surface area contributed by atoms with Gasteiger partial charge in [-0.15, -0.1) is 5.10 Å². The van der Waals surface area contributed by atoms with Crippen LogP contribution >= 0.6 is 0 Å². The van der Waals surface area contributed by atoms with Gasteiger partial charge in [0.25, 0.3) is 5.91 Å². The Kier molecular flexibility index (Phi) is 3.70. The fourth-order valence-corrected chi connectivity index (χ4v) is 2.34. The molecule has 0 aliphatic heterocycles. The molecule has 0 unspecified atom stereocenters. The zero-order valence-corrected chi connectivity index (χ0v) is 13.4. The Morgan fingerprint density at radius 3 is 2.30 bits per heavy atom. The van der Waals surface area contributed by atoms with Gasteiger partial charge in [0, 0.05) is 5.56 Å². The molecule has 23 heavy (non-hydrogen) atoms. The predicted octanol–water partition coefficient (Wildman–Crippen LogP) is 2.96. The number of primary amides is 1. The second-order valence-corrected chi connectivity index (χ2v) is 5.67. The van der Waals surface area contributed by atoms with Crippen LogP contribution in [0.4, 0.5) is 0 Å². The maximum atomic E-state index is 11.5. The van der Waals surface area contributed by atoms with E-state index < -0.39 is 5.91 Å². The molecule has 0 fully saturated rings. The highest BCUT2D eigenvalue weighted by Gasteiger charge is 2.17. The number of hydrogen-bond donors (Lipinski definition) is 1. The number of rotatable bonds is 3. The third kappa shape index (κ3) is 2.85. The Morgan fingerprint density at radius 1 is 1.00 bits per heavy atom. The Labute approximate surface area is 134 Å². The van der Waals surface area contributed by atoms with Crippen LogP contribution in [0.3, 0.4) is 0 Å². The van der Waals surface area contributed by atoms with Gasteiger partial charge in [-0.1, -0.05) is 35.9 Å². The molecule has 2 N–H and O–H groups in total. The van der Waals surface area contributed by atoms with Gasteiger partial charge in [-0.2, -0.15) is 0 Å². The maximum absolute atomic E-state index is 11.5. The molecule has 0 saturated carbocycles. The van der Waals surface area contributed by atoms with Crippen LogP contribution in [0.25, 0.3) is 17.1 Å². The molecule has 0 spiro atoms. The van der Waals surface area contributed by atoms with Crippen molar-refractivity contribution in [2.75, 3.05) is 0 Å². The number of carbonyl (C=O) groups is 1. The van der Waals surface area contributed by atoms with Gasteiger partial charge in [-0.25, -0.2) is 9.67 Å². The summed E-state index contributed by atoms with van der Waals surface area (Å²) in [7, 11) is 0. The lowest BCUT2D eigenvalue weighted by Crippen LogP contribution is -2.13. The summed E-state index contributed by atoms with van der Waals surface area (Å²) < 4.78 is 1.66. The number of aromatic nitrogens is 3. The second kappa shape index (κ2) is 5.68. The molecule has 2 aromatic carbocycles. The van der Waals surface area contributed by atoms with Crippen LogP contribution < -0.4 is 5.73 Å². The second-order valence-electron chi connectivity index (χ2n) is 5.67. The van der Waals surface area contributed by atoms with Gasteiger partial charge in [0.05, 0.1) is 5.69 Å². The summed E-state index contributed by atoms with van der Waals surface area (Å²) in [5.74, 6) is -0.0261. The van der Waals surface area contributed by atoms with E-state index in [0.29, 0.717) is 5.82 Å². The van der Waals surface area contributed by atoms with Crippen molar-refractivity contribution < 1.29 is 4.79 Å². The Morgan fingerprint density at radius 2 is 1.70 bits per heavy atom. The monoisotopic (exact) mass is 306 g/mol. The minimum Gasteiger partial charge on any atom is -0.363 e. The van der Waals surface area contributed by atoms with Gasteiger partial charge in [0.2, 0.25) is 5.82 Å². The quantitative estimate of drug-likeness (QED) is 0.808. The number of hydrogen-bond acceptors (Lipinski definition) is 3. The molecule has 116 valence electrons. The van der Waals surface area contributed by atoms with E-state index in [2.05, 4.69) is 17.0 Å². The summed E-state index contributed by atoms with van der Waals surface area (Å²) in [5.41, 5.74) is 10.6. The predicted molar refractivity (Wildman–Crippen MR) is 89.5 cm³/mol. The van der Waals surface area contributed by atoms with Crippen molar-refractivity contribution in [2.45, 2.75) is 20.8 Å². The molecular formula is C18H18N4O. The highest BCUT2D eigenvalue weighted by atomic mass is 16.1. The Bertz CT molecular complexity index is 879. The molecule has 1 heterocycles. The Hall–Kier alpha value is -2.95. The molecule has 5 heteroatoms. The van der Waals surface area contributed by atoms with E-state index in [1.807, 2.05) is 56.3 Å². The molecule has 1 amide bonds. The fourth-order valence-electron chi connectivity index (χ4n) is 2.34. The largest absolute Gasteiger partial charge is 0.363 e. The minimum atomic E-state index is -0.638. The van der Waals surface area contributed by atoms with Crippen LogP contribution in [0.15, 0.2) is 42.5 Å². The number of amides is 1. The van der Waals surface area contributed by atoms with Crippen molar-refractivity contribution in [3.8, 4) is 17.1 Å². The molecule has 1 aromatic heterocycles. The van der Waals surface area contributed by atoms with Crippen molar-refractivity contribution in [1.29, 1.82) is 0 Å². The first-order valence-electron chi connectivity index (χ1n) is 7.37. The lowest BCUT2D eigenvalue weighted by molar-refractivity contribution is 0.0990. The number of aryl methyl sites for hydroxylation is 3. The minimum absolute atomic E-state index is 0.0128. The highest BCUT2D eigenvalue weighted by Crippen LogP contribution is 2.23. The standard InChI is InChI=1S/C18H18N4O/c1-11-4-7-14(8-5-11)18-20-17(16(19)23)21-22(18)15-9-6-12(2)13(3)10-15/h4-10H,1-3H3,(H2,19,23). The first-order valence-corrected chi connectivity index (χ1v) is 7.37. The molecule has 3 aromatic rings. The summed E-state index contributed by atoms with van der Waals surface area (Å²) in [4.78, 5) is 15.8. The van der Waals surface area contributed by atoms with Gasteiger partial charge >= 0.3 is 0 Å². The van der Waals surface area contributed by atoms with E-state index >= 15 is 0 Å². The normalized spacial score (nSPS) is 10.7. The smallest absolute Gasteiger partial charge is 0.288 e. The third-order valence-corrected chi connectivity index (χ3v) is 3.87. The van der Waals surface area contributed by atoms with Gasteiger partial charge in [0.15, 0.2) is 5.82 Å². The average Bonchev–Trinajstić information content (AvgIpc) is 2.96. The number of benzene rings is 2.